The average Bonchev–Trinajstić information content (AvgIpc) is 2.37. The first-order chi connectivity index (χ1) is 11.1. The summed E-state index contributed by atoms with van der Waals surface area (Å²) in [7, 11) is 0. The van der Waals surface area contributed by atoms with Crippen LogP contribution in [0, 0.1) is 11.6 Å². The number of nitrogens with one attached hydrogen (secondary N) is 1. The lowest BCUT2D eigenvalue weighted by molar-refractivity contribution is -0.138. The molecule has 7 heteroatoms. The largest absolute Gasteiger partial charge is 0.598 e. The smallest absolute Gasteiger partial charge is 0.305 e. The Hall–Kier alpha value is -1.18. The quantitative estimate of drug-likeness (QED) is 0.763. The fraction of sp³-hybridized carbons (Fsp3) is 0.611. The second-order valence-corrected chi connectivity index (χ2v) is 10.4. The zero-order chi connectivity index (χ0) is 19.8. The Morgan fingerprint density at radius 2 is 1.68 bits per heavy atom. The third kappa shape index (κ3) is 5.39. The molecule has 1 aromatic rings. The molecule has 0 bridgehead atoms. The molecule has 2 N–H and O–H groups in total. The van der Waals surface area contributed by atoms with E-state index in [4.69, 9.17) is 0 Å². The third-order valence-corrected chi connectivity index (χ3v) is 5.62. The standard InChI is InChI=1S/C18H27F2NO3S/c1-16(2,3)11-8-12(15(20)13(19)9-11)18(7,10-14(22)23)21-25(24)17(4,5)6/h8-9,21H,10H2,1-7H3,(H,22,23). The van der Waals surface area contributed by atoms with Crippen molar-refractivity contribution < 1.29 is 23.2 Å². The molecule has 4 nitrogen and oxygen atoms in total. The van der Waals surface area contributed by atoms with Gasteiger partial charge in [-0.1, -0.05) is 26.8 Å². The van der Waals surface area contributed by atoms with Crippen molar-refractivity contribution in [3.63, 3.8) is 0 Å². The first-order valence-electron chi connectivity index (χ1n) is 7.99. The molecule has 0 aliphatic rings. The summed E-state index contributed by atoms with van der Waals surface area (Å²) in [5.74, 6) is -3.39. The molecule has 1 aromatic carbocycles. The molecule has 0 aliphatic carbocycles. The van der Waals surface area contributed by atoms with Crippen LogP contribution in [0.3, 0.4) is 0 Å². The summed E-state index contributed by atoms with van der Waals surface area (Å²) in [5.41, 5.74) is -1.61. The number of carboxylic acids is 1. The van der Waals surface area contributed by atoms with Crippen LogP contribution in [0.4, 0.5) is 8.78 Å². The van der Waals surface area contributed by atoms with Crippen molar-refractivity contribution in [1.29, 1.82) is 0 Å². The number of hydrogen-bond acceptors (Lipinski definition) is 3. The van der Waals surface area contributed by atoms with Gasteiger partial charge < -0.3 is 9.66 Å². The zero-order valence-electron chi connectivity index (χ0n) is 15.8. The molecule has 0 aliphatic heterocycles. The molecule has 142 valence electrons. The van der Waals surface area contributed by atoms with Crippen LogP contribution in [-0.4, -0.2) is 20.4 Å². The van der Waals surface area contributed by atoms with E-state index < -0.39 is 51.1 Å². The van der Waals surface area contributed by atoms with E-state index in [0.29, 0.717) is 5.56 Å². The fourth-order valence-electron chi connectivity index (χ4n) is 2.27. The van der Waals surface area contributed by atoms with Crippen LogP contribution in [-0.2, 0) is 27.1 Å². The maximum atomic E-state index is 14.6. The van der Waals surface area contributed by atoms with Crippen molar-refractivity contribution in [2.75, 3.05) is 0 Å². The van der Waals surface area contributed by atoms with E-state index in [9.17, 15) is 23.2 Å². The summed E-state index contributed by atoms with van der Waals surface area (Å²) in [4.78, 5) is 11.3. The molecule has 1 rings (SSSR count). The van der Waals surface area contributed by atoms with Gasteiger partial charge in [-0.05, 0) is 44.7 Å². The van der Waals surface area contributed by atoms with E-state index in [2.05, 4.69) is 4.72 Å². The van der Waals surface area contributed by atoms with Crippen LogP contribution in [0.15, 0.2) is 12.1 Å². The van der Waals surface area contributed by atoms with Crippen molar-refractivity contribution in [2.24, 2.45) is 0 Å². The van der Waals surface area contributed by atoms with Crippen LogP contribution in [0.1, 0.15) is 66.0 Å². The Morgan fingerprint density at radius 3 is 2.08 bits per heavy atom. The normalized spacial score (nSPS) is 16.4. The number of benzene rings is 1. The van der Waals surface area contributed by atoms with Crippen LogP contribution in [0.2, 0.25) is 0 Å². The molecule has 0 amide bonds. The van der Waals surface area contributed by atoms with E-state index in [1.807, 2.05) is 20.8 Å². The van der Waals surface area contributed by atoms with Gasteiger partial charge in [0.2, 0.25) is 0 Å². The molecule has 2 unspecified atom stereocenters. The number of aliphatic carboxylic acids is 1. The van der Waals surface area contributed by atoms with Crippen LogP contribution in [0.25, 0.3) is 0 Å². The molecular formula is C18H27F2NO3S. The highest BCUT2D eigenvalue weighted by molar-refractivity contribution is 7.90. The number of carbonyl (C=O) groups is 1. The van der Waals surface area contributed by atoms with E-state index in [1.54, 1.807) is 20.8 Å². The summed E-state index contributed by atoms with van der Waals surface area (Å²) >= 11 is -1.67. The summed E-state index contributed by atoms with van der Waals surface area (Å²) in [6.45, 7) is 12.1. The number of hydrogen-bond donors (Lipinski definition) is 2. The van der Waals surface area contributed by atoms with Crippen molar-refractivity contribution in [3.8, 4) is 0 Å². The highest BCUT2D eigenvalue weighted by Crippen LogP contribution is 2.35. The monoisotopic (exact) mass is 375 g/mol. The van der Waals surface area contributed by atoms with Gasteiger partial charge >= 0.3 is 5.97 Å². The van der Waals surface area contributed by atoms with Gasteiger partial charge in [-0.15, -0.1) is 4.72 Å². The van der Waals surface area contributed by atoms with Gasteiger partial charge in [0, 0.05) is 16.9 Å². The predicted molar refractivity (Wildman–Crippen MR) is 95.7 cm³/mol. The molecule has 0 spiro atoms. The SMILES string of the molecule is CC(C)(C)c1cc(F)c(F)c(C(C)(CC(=O)O)N[S+]([O-])C(C)(C)C)c1. The van der Waals surface area contributed by atoms with Gasteiger partial charge in [0.05, 0.1) is 12.0 Å². The van der Waals surface area contributed by atoms with Crippen molar-refractivity contribution in [3.05, 3.63) is 34.9 Å². The molecule has 0 saturated carbocycles. The molecule has 0 radical (unpaired) electrons. The van der Waals surface area contributed by atoms with Crippen LogP contribution in [0.5, 0.6) is 0 Å². The first-order valence-corrected chi connectivity index (χ1v) is 9.14. The molecule has 0 saturated heterocycles. The lowest BCUT2D eigenvalue weighted by Gasteiger charge is -2.35. The Bertz CT molecular complexity index is 653. The van der Waals surface area contributed by atoms with E-state index >= 15 is 0 Å². The van der Waals surface area contributed by atoms with Gasteiger partial charge in [0.25, 0.3) is 0 Å². The molecule has 25 heavy (non-hydrogen) atoms. The van der Waals surface area contributed by atoms with Gasteiger partial charge in [-0.3, -0.25) is 4.79 Å². The van der Waals surface area contributed by atoms with Crippen LogP contribution >= 0.6 is 0 Å². The molecule has 2 atom stereocenters. The van der Waals surface area contributed by atoms with E-state index in [-0.39, 0.29) is 5.56 Å². The topological polar surface area (TPSA) is 72.4 Å². The van der Waals surface area contributed by atoms with Gasteiger partial charge in [-0.25, -0.2) is 8.78 Å². The number of halogens is 2. The van der Waals surface area contributed by atoms with E-state index in [0.717, 1.165) is 6.07 Å². The van der Waals surface area contributed by atoms with E-state index in [1.165, 1.54) is 13.0 Å². The fourth-order valence-corrected chi connectivity index (χ4v) is 3.17. The predicted octanol–water partition coefficient (Wildman–Crippen LogP) is 4.00. The maximum Gasteiger partial charge on any atom is 0.305 e. The maximum absolute atomic E-state index is 14.6. The summed E-state index contributed by atoms with van der Waals surface area (Å²) < 4.78 is 43.3. The summed E-state index contributed by atoms with van der Waals surface area (Å²) in [6, 6.07) is 2.56. The molecule has 0 heterocycles. The second kappa shape index (κ2) is 7.21. The highest BCUT2D eigenvalue weighted by Gasteiger charge is 2.41. The Labute approximate surface area is 151 Å². The summed E-state index contributed by atoms with van der Waals surface area (Å²) in [6.07, 6.45) is -0.543. The minimum atomic E-state index is -1.67. The minimum absolute atomic E-state index is 0.141. The lowest BCUT2D eigenvalue weighted by Crippen LogP contribution is -2.51. The molecular weight excluding hydrogens is 348 g/mol. The Balaban J connectivity index is 3.55. The lowest BCUT2D eigenvalue weighted by atomic mass is 9.81. The second-order valence-electron chi connectivity index (χ2n) is 8.46. The molecule has 0 fully saturated rings. The third-order valence-electron chi connectivity index (χ3n) is 3.87. The van der Waals surface area contributed by atoms with Gasteiger partial charge in [0.1, 0.15) is 4.75 Å². The molecule has 0 aromatic heterocycles. The number of carboxylic acid groups (broad SMARTS) is 1. The Kier molecular flexibility index (Phi) is 6.30. The Morgan fingerprint density at radius 1 is 1.16 bits per heavy atom. The van der Waals surface area contributed by atoms with Gasteiger partial charge in [0.15, 0.2) is 11.6 Å². The zero-order valence-corrected chi connectivity index (χ0v) is 16.6. The highest BCUT2D eigenvalue weighted by atomic mass is 32.2. The van der Waals surface area contributed by atoms with Gasteiger partial charge in [-0.2, -0.15) is 0 Å². The van der Waals surface area contributed by atoms with Crippen molar-refractivity contribution >= 4 is 17.3 Å². The van der Waals surface area contributed by atoms with Crippen molar-refractivity contribution in [1.82, 2.24) is 4.72 Å². The van der Waals surface area contributed by atoms with Crippen LogP contribution < -0.4 is 4.72 Å². The minimum Gasteiger partial charge on any atom is -0.598 e. The van der Waals surface area contributed by atoms with Crippen molar-refractivity contribution in [2.45, 2.75) is 70.6 Å². The summed E-state index contributed by atoms with van der Waals surface area (Å²) in [5, 5.41) is 9.26. The first kappa shape index (κ1) is 21.9. The number of rotatable bonds is 5. The average molecular weight is 375 g/mol.